The number of benzene rings is 3. The fraction of sp³-hybridized carbons (Fsp3) is 0.190. The lowest BCUT2D eigenvalue weighted by Crippen LogP contribution is -2.33. The zero-order valence-corrected chi connectivity index (χ0v) is 16.0. The van der Waals surface area contributed by atoms with Gasteiger partial charge in [-0.05, 0) is 22.9 Å². The van der Waals surface area contributed by atoms with Gasteiger partial charge in [-0.2, -0.15) is 0 Å². The van der Waals surface area contributed by atoms with Gasteiger partial charge in [-0.1, -0.05) is 60.1 Å². The first-order chi connectivity index (χ1) is 13.1. The van der Waals surface area contributed by atoms with E-state index in [9.17, 15) is 9.90 Å². The smallest absolute Gasteiger partial charge is 0.321 e. The first-order valence-electron chi connectivity index (χ1n) is 8.62. The van der Waals surface area contributed by atoms with Crippen LogP contribution in [-0.2, 0) is 11.4 Å². The summed E-state index contributed by atoms with van der Waals surface area (Å²) in [4.78, 5) is 11.4. The predicted molar refractivity (Wildman–Crippen MR) is 109 cm³/mol. The molecule has 6 heteroatoms. The van der Waals surface area contributed by atoms with E-state index in [2.05, 4.69) is 5.32 Å². The van der Waals surface area contributed by atoms with Gasteiger partial charge in [0.15, 0.2) is 0 Å². The Balaban J connectivity index is 1.70. The molecule has 3 aromatic rings. The highest BCUT2D eigenvalue weighted by molar-refractivity contribution is 7.99. The van der Waals surface area contributed by atoms with E-state index < -0.39 is 12.0 Å². The lowest BCUT2D eigenvalue weighted by Gasteiger charge is -2.19. The minimum Gasteiger partial charge on any atom is -0.488 e. The van der Waals surface area contributed by atoms with E-state index in [1.54, 1.807) is 11.8 Å². The molecule has 0 aromatic heterocycles. The summed E-state index contributed by atoms with van der Waals surface area (Å²) in [5, 5.41) is 15.2. The molecule has 2 atom stereocenters. The molecule has 0 spiro atoms. The summed E-state index contributed by atoms with van der Waals surface area (Å²) in [6.07, 6.45) is 0. The molecule has 0 radical (unpaired) electrons. The number of aliphatic carboxylic acids is 1. The van der Waals surface area contributed by atoms with Crippen LogP contribution in [0.2, 0.25) is 5.02 Å². The number of carboxylic acid groups (broad SMARTS) is 1. The van der Waals surface area contributed by atoms with Gasteiger partial charge >= 0.3 is 5.97 Å². The van der Waals surface area contributed by atoms with E-state index in [1.165, 1.54) is 0 Å². The Hall–Kier alpha value is -2.21. The molecular formula is C21H18ClNO3S. The topological polar surface area (TPSA) is 58.6 Å². The van der Waals surface area contributed by atoms with Crippen molar-refractivity contribution >= 4 is 40.1 Å². The van der Waals surface area contributed by atoms with Gasteiger partial charge in [0.1, 0.15) is 18.4 Å². The second kappa shape index (κ2) is 7.80. The molecular weight excluding hydrogens is 382 g/mol. The number of halogens is 1. The van der Waals surface area contributed by atoms with Crippen LogP contribution in [-0.4, -0.2) is 22.9 Å². The Kier molecular flexibility index (Phi) is 5.25. The average Bonchev–Trinajstić information content (AvgIpc) is 3.17. The van der Waals surface area contributed by atoms with Crippen LogP contribution in [0.1, 0.15) is 16.5 Å². The summed E-state index contributed by atoms with van der Waals surface area (Å²) in [5.74, 6) is 0.432. The van der Waals surface area contributed by atoms with Gasteiger partial charge in [0.05, 0.1) is 5.37 Å². The number of ether oxygens (including phenoxy) is 1. The van der Waals surface area contributed by atoms with Gasteiger partial charge < -0.3 is 9.84 Å². The predicted octanol–water partition coefficient (Wildman–Crippen LogP) is 4.86. The van der Waals surface area contributed by atoms with Crippen molar-refractivity contribution in [2.75, 3.05) is 5.75 Å². The van der Waals surface area contributed by atoms with Crippen molar-refractivity contribution in [3.05, 3.63) is 76.8 Å². The summed E-state index contributed by atoms with van der Waals surface area (Å²) in [5.41, 5.74) is 1.89. The van der Waals surface area contributed by atoms with Gasteiger partial charge in [-0.3, -0.25) is 10.1 Å². The minimum atomic E-state index is -0.830. The molecule has 1 aliphatic heterocycles. The van der Waals surface area contributed by atoms with Crippen LogP contribution < -0.4 is 10.1 Å². The van der Waals surface area contributed by atoms with E-state index in [0.29, 0.717) is 17.4 Å². The van der Waals surface area contributed by atoms with Crippen molar-refractivity contribution in [1.29, 1.82) is 0 Å². The third kappa shape index (κ3) is 3.76. The second-order valence-electron chi connectivity index (χ2n) is 6.35. The highest BCUT2D eigenvalue weighted by atomic mass is 35.5. The zero-order valence-electron chi connectivity index (χ0n) is 14.4. The quantitative estimate of drug-likeness (QED) is 0.641. The largest absolute Gasteiger partial charge is 0.488 e. The molecule has 3 aromatic carbocycles. The molecule has 0 amide bonds. The highest BCUT2D eigenvalue weighted by Gasteiger charge is 2.33. The normalized spacial score (nSPS) is 19.3. The van der Waals surface area contributed by atoms with Crippen LogP contribution in [0, 0.1) is 0 Å². The SMILES string of the molecule is O=C(O)C1CSC(c2c(OCc3ccccc3Cl)ccc3ccccc23)N1. The molecule has 0 saturated carbocycles. The van der Waals surface area contributed by atoms with Gasteiger partial charge in [0.2, 0.25) is 0 Å². The Labute approximate surface area is 166 Å². The fourth-order valence-corrected chi connectivity index (χ4v) is 4.71. The van der Waals surface area contributed by atoms with Gasteiger partial charge in [-0.25, -0.2) is 0 Å². The molecule has 1 aliphatic rings. The Bertz CT molecular complexity index is 994. The van der Waals surface area contributed by atoms with Crippen molar-refractivity contribution in [2.24, 2.45) is 0 Å². The van der Waals surface area contributed by atoms with Gasteiger partial charge in [0, 0.05) is 21.9 Å². The molecule has 0 aliphatic carbocycles. The van der Waals surface area contributed by atoms with E-state index in [0.717, 1.165) is 27.6 Å². The lowest BCUT2D eigenvalue weighted by atomic mass is 10.0. The van der Waals surface area contributed by atoms with Crippen molar-refractivity contribution in [2.45, 2.75) is 18.0 Å². The zero-order chi connectivity index (χ0) is 18.8. The maximum atomic E-state index is 11.4. The number of carbonyl (C=O) groups is 1. The highest BCUT2D eigenvalue weighted by Crippen LogP contribution is 2.42. The summed E-state index contributed by atoms with van der Waals surface area (Å²) >= 11 is 7.83. The van der Waals surface area contributed by atoms with Crippen LogP contribution in [0.4, 0.5) is 0 Å². The fourth-order valence-electron chi connectivity index (χ4n) is 3.22. The maximum Gasteiger partial charge on any atom is 0.321 e. The minimum absolute atomic E-state index is 0.140. The summed E-state index contributed by atoms with van der Waals surface area (Å²) in [6, 6.07) is 19.1. The molecule has 0 bridgehead atoms. The summed E-state index contributed by atoms with van der Waals surface area (Å²) < 4.78 is 6.14. The third-order valence-corrected chi connectivity index (χ3v) is 6.21. The van der Waals surface area contributed by atoms with Crippen LogP contribution in [0.25, 0.3) is 10.8 Å². The molecule has 27 heavy (non-hydrogen) atoms. The molecule has 1 saturated heterocycles. The van der Waals surface area contributed by atoms with Crippen LogP contribution in [0.3, 0.4) is 0 Å². The number of hydrogen-bond donors (Lipinski definition) is 2. The number of thioether (sulfide) groups is 1. The Morgan fingerprint density at radius 2 is 1.93 bits per heavy atom. The van der Waals surface area contributed by atoms with E-state index in [1.807, 2.05) is 60.7 Å². The van der Waals surface area contributed by atoms with E-state index in [4.69, 9.17) is 16.3 Å². The van der Waals surface area contributed by atoms with Crippen molar-refractivity contribution < 1.29 is 14.6 Å². The molecule has 4 rings (SSSR count). The van der Waals surface area contributed by atoms with Crippen molar-refractivity contribution in [3.63, 3.8) is 0 Å². The van der Waals surface area contributed by atoms with Gasteiger partial charge in [0.25, 0.3) is 0 Å². The van der Waals surface area contributed by atoms with Crippen LogP contribution in [0.15, 0.2) is 60.7 Å². The molecule has 138 valence electrons. The second-order valence-corrected chi connectivity index (χ2v) is 7.89. The molecule has 2 unspecified atom stereocenters. The molecule has 2 N–H and O–H groups in total. The van der Waals surface area contributed by atoms with E-state index in [-0.39, 0.29) is 5.37 Å². The average molecular weight is 400 g/mol. The van der Waals surface area contributed by atoms with Crippen LogP contribution >= 0.6 is 23.4 Å². The molecule has 1 heterocycles. The third-order valence-electron chi connectivity index (χ3n) is 4.61. The number of carboxylic acids is 1. The first-order valence-corrected chi connectivity index (χ1v) is 10.0. The Morgan fingerprint density at radius 3 is 2.70 bits per heavy atom. The van der Waals surface area contributed by atoms with Gasteiger partial charge in [-0.15, -0.1) is 11.8 Å². The van der Waals surface area contributed by atoms with Crippen LogP contribution in [0.5, 0.6) is 5.75 Å². The molecule has 4 nitrogen and oxygen atoms in total. The number of rotatable bonds is 5. The summed E-state index contributed by atoms with van der Waals surface area (Å²) in [7, 11) is 0. The Morgan fingerprint density at radius 1 is 1.15 bits per heavy atom. The number of fused-ring (bicyclic) bond motifs is 1. The monoisotopic (exact) mass is 399 g/mol. The summed E-state index contributed by atoms with van der Waals surface area (Å²) in [6.45, 7) is 0.352. The number of nitrogens with one attached hydrogen (secondary N) is 1. The van der Waals surface area contributed by atoms with Crippen molar-refractivity contribution in [1.82, 2.24) is 5.32 Å². The first kappa shape index (κ1) is 18.2. The van der Waals surface area contributed by atoms with Crippen molar-refractivity contribution in [3.8, 4) is 5.75 Å². The molecule has 1 fully saturated rings. The lowest BCUT2D eigenvalue weighted by molar-refractivity contribution is -0.138. The standard InChI is InChI=1S/C21H18ClNO3S/c22-16-8-4-2-6-14(16)11-26-18-10-9-13-5-1-3-7-15(13)19(18)20-23-17(12-27-20)21(24)25/h1-10,17,20,23H,11-12H2,(H,24,25). The number of hydrogen-bond acceptors (Lipinski definition) is 4. The van der Waals surface area contributed by atoms with E-state index >= 15 is 0 Å². The maximum absolute atomic E-state index is 11.4.